The van der Waals surface area contributed by atoms with E-state index in [-0.39, 0.29) is 0 Å². The van der Waals surface area contributed by atoms with Crippen molar-refractivity contribution >= 4 is 0 Å². The summed E-state index contributed by atoms with van der Waals surface area (Å²) in [6.45, 7) is 3.12. The zero-order chi connectivity index (χ0) is 12.4. The molecule has 18 heavy (non-hydrogen) atoms. The van der Waals surface area contributed by atoms with Crippen LogP contribution in [0.15, 0.2) is 24.3 Å². The van der Waals surface area contributed by atoms with Crippen LogP contribution in [-0.2, 0) is 13.0 Å². The molecule has 0 amide bonds. The number of benzene rings is 1. The lowest BCUT2D eigenvalue weighted by Crippen LogP contribution is -1.94. The summed E-state index contributed by atoms with van der Waals surface area (Å²) in [5, 5.41) is 8.62. The van der Waals surface area contributed by atoms with Gasteiger partial charge in [-0.05, 0) is 18.4 Å². The van der Waals surface area contributed by atoms with E-state index >= 15 is 0 Å². The van der Waals surface area contributed by atoms with Crippen LogP contribution in [0, 0.1) is 0 Å². The second kappa shape index (κ2) is 4.92. The summed E-state index contributed by atoms with van der Waals surface area (Å²) >= 11 is 0. The van der Waals surface area contributed by atoms with E-state index < -0.39 is 0 Å². The molecule has 0 unspecified atom stereocenters. The zero-order valence-electron chi connectivity index (χ0n) is 10.9. The molecule has 1 aliphatic rings. The molecule has 3 heteroatoms. The monoisotopic (exact) mass is 241 g/mol. The van der Waals surface area contributed by atoms with Crippen LogP contribution in [-0.4, -0.2) is 15.0 Å². The van der Waals surface area contributed by atoms with E-state index in [0.29, 0.717) is 0 Å². The summed E-state index contributed by atoms with van der Waals surface area (Å²) in [5.74, 6) is 0. The quantitative estimate of drug-likeness (QED) is 0.641. The van der Waals surface area contributed by atoms with E-state index in [4.69, 9.17) is 0 Å². The molecule has 0 N–H and O–H groups in total. The third kappa shape index (κ3) is 1.94. The number of aromatic nitrogens is 3. The zero-order valence-corrected chi connectivity index (χ0v) is 10.9. The van der Waals surface area contributed by atoms with Crippen LogP contribution < -0.4 is 0 Å². The Hall–Kier alpha value is -1.64. The van der Waals surface area contributed by atoms with Crippen LogP contribution in [0.3, 0.4) is 0 Å². The Morgan fingerprint density at radius 2 is 2.06 bits per heavy atom. The van der Waals surface area contributed by atoms with Crippen LogP contribution in [0.25, 0.3) is 11.3 Å². The summed E-state index contributed by atoms with van der Waals surface area (Å²) < 4.78 is 2.04. The fourth-order valence-electron chi connectivity index (χ4n) is 2.69. The van der Waals surface area contributed by atoms with Gasteiger partial charge in [-0.3, -0.25) is 0 Å². The second-order valence-electron chi connectivity index (χ2n) is 5.01. The Bertz CT molecular complexity index is 542. The summed E-state index contributed by atoms with van der Waals surface area (Å²) in [4.78, 5) is 0. The Labute approximate surface area is 108 Å². The number of aryl methyl sites for hydroxylation is 1. The van der Waals surface area contributed by atoms with E-state index in [0.717, 1.165) is 13.0 Å². The van der Waals surface area contributed by atoms with Gasteiger partial charge in [0.1, 0.15) is 0 Å². The smallest absolute Gasteiger partial charge is 0.0925 e. The first-order chi connectivity index (χ1) is 8.90. The molecule has 0 spiro atoms. The van der Waals surface area contributed by atoms with E-state index in [1.54, 1.807) is 0 Å². The number of hydrogen-bond acceptors (Lipinski definition) is 2. The molecule has 0 bridgehead atoms. The van der Waals surface area contributed by atoms with Crippen molar-refractivity contribution in [3.63, 3.8) is 0 Å². The number of fused-ring (bicyclic) bond motifs is 3. The lowest BCUT2D eigenvalue weighted by atomic mass is 10.0. The average molecular weight is 241 g/mol. The molecule has 0 atom stereocenters. The van der Waals surface area contributed by atoms with E-state index in [9.17, 15) is 0 Å². The van der Waals surface area contributed by atoms with Gasteiger partial charge in [-0.15, -0.1) is 5.10 Å². The predicted molar refractivity (Wildman–Crippen MR) is 72.4 cm³/mol. The minimum atomic E-state index is 0.882. The van der Waals surface area contributed by atoms with Crippen LogP contribution in [0.1, 0.15) is 43.9 Å². The van der Waals surface area contributed by atoms with Gasteiger partial charge in [0, 0.05) is 5.56 Å². The first kappa shape index (κ1) is 11.5. The van der Waals surface area contributed by atoms with Gasteiger partial charge in [0.25, 0.3) is 0 Å². The standard InChI is InChI=1S/C15H19N3/c1-2-3-4-5-10-14-15-13-9-7-6-8-12(13)11-18(15)17-16-14/h6-9H,2-5,10-11H2,1H3. The maximum atomic E-state index is 4.35. The molecular weight excluding hydrogens is 222 g/mol. The molecule has 94 valence electrons. The lowest BCUT2D eigenvalue weighted by Gasteiger charge is -2.01. The fourth-order valence-corrected chi connectivity index (χ4v) is 2.69. The maximum Gasteiger partial charge on any atom is 0.0925 e. The highest BCUT2D eigenvalue weighted by molar-refractivity contribution is 5.69. The van der Waals surface area contributed by atoms with Gasteiger partial charge < -0.3 is 0 Å². The molecule has 0 saturated heterocycles. The normalized spacial score (nSPS) is 12.5. The van der Waals surface area contributed by atoms with Gasteiger partial charge in [-0.1, -0.05) is 55.7 Å². The first-order valence-electron chi connectivity index (χ1n) is 6.91. The lowest BCUT2D eigenvalue weighted by molar-refractivity contribution is 0.654. The Kier molecular flexibility index (Phi) is 3.13. The minimum absolute atomic E-state index is 0.882. The molecule has 3 nitrogen and oxygen atoms in total. The Morgan fingerprint density at radius 1 is 1.17 bits per heavy atom. The Balaban J connectivity index is 1.80. The molecule has 2 heterocycles. The first-order valence-corrected chi connectivity index (χ1v) is 6.91. The third-order valence-corrected chi connectivity index (χ3v) is 3.66. The van der Waals surface area contributed by atoms with Gasteiger partial charge in [-0.25, -0.2) is 4.68 Å². The minimum Gasteiger partial charge on any atom is -0.240 e. The van der Waals surface area contributed by atoms with Gasteiger partial charge in [0.2, 0.25) is 0 Å². The molecular formula is C15H19N3. The maximum absolute atomic E-state index is 4.35. The molecule has 1 aromatic carbocycles. The number of nitrogens with zero attached hydrogens (tertiary/aromatic N) is 3. The highest BCUT2D eigenvalue weighted by atomic mass is 15.4. The van der Waals surface area contributed by atoms with Crippen LogP contribution in [0.5, 0.6) is 0 Å². The van der Waals surface area contributed by atoms with Crippen molar-refractivity contribution < 1.29 is 0 Å². The van der Waals surface area contributed by atoms with E-state index in [1.165, 1.54) is 48.2 Å². The SMILES string of the molecule is CCCCCCc1nnn2c1-c1ccccc1C2. The fraction of sp³-hybridized carbons (Fsp3) is 0.467. The molecule has 0 saturated carbocycles. The van der Waals surface area contributed by atoms with Crippen LogP contribution in [0.2, 0.25) is 0 Å². The highest BCUT2D eigenvalue weighted by Gasteiger charge is 2.23. The van der Waals surface area contributed by atoms with Gasteiger partial charge in [0.05, 0.1) is 17.9 Å². The number of rotatable bonds is 5. The summed E-state index contributed by atoms with van der Waals surface area (Å²) in [7, 11) is 0. The largest absolute Gasteiger partial charge is 0.240 e. The van der Waals surface area contributed by atoms with Crippen molar-refractivity contribution in [3.8, 4) is 11.3 Å². The van der Waals surface area contributed by atoms with Gasteiger partial charge in [0.15, 0.2) is 0 Å². The number of hydrogen-bond donors (Lipinski definition) is 0. The molecule has 1 aromatic heterocycles. The molecule has 3 rings (SSSR count). The van der Waals surface area contributed by atoms with E-state index in [1.807, 2.05) is 4.68 Å². The molecule has 0 fully saturated rings. The van der Waals surface area contributed by atoms with Gasteiger partial charge >= 0.3 is 0 Å². The van der Waals surface area contributed by atoms with E-state index in [2.05, 4.69) is 41.5 Å². The average Bonchev–Trinajstić information content (AvgIpc) is 2.94. The predicted octanol–water partition coefficient (Wildman–Crippen LogP) is 3.43. The second-order valence-corrected chi connectivity index (χ2v) is 5.01. The summed E-state index contributed by atoms with van der Waals surface area (Å²) in [6, 6.07) is 8.57. The van der Waals surface area contributed by atoms with Crippen molar-refractivity contribution in [2.75, 3.05) is 0 Å². The topological polar surface area (TPSA) is 30.7 Å². The third-order valence-electron chi connectivity index (χ3n) is 3.66. The van der Waals surface area contributed by atoms with Crippen molar-refractivity contribution in [2.45, 2.75) is 45.6 Å². The Morgan fingerprint density at radius 3 is 2.94 bits per heavy atom. The summed E-state index contributed by atoms with van der Waals surface area (Å²) in [5.41, 5.74) is 5.13. The van der Waals surface area contributed by atoms with Crippen molar-refractivity contribution in [1.29, 1.82) is 0 Å². The van der Waals surface area contributed by atoms with Gasteiger partial charge in [-0.2, -0.15) is 0 Å². The number of unbranched alkanes of at least 4 members (excludes halogenated alkanes) is 3. The molecule has 1 aliphatic heterocycles. The van der Waals surface area contributed by atoms with Crippen molar-refractivity contribution in [1.82, 2.24) is 15.0 Å². The molecule has 2 aromatic rings. The highest BCUT2D eigenvalue weighted by Crippen LogP contribution is 2.33. The van der Waals surface area contributed by atoms with Crippen molar-refractivity contribution in [2.24, 2.45) is 0 Å². The molecule has 0 radical (unpaired) electrons. The van der Waals surface area contributed by atoms with Crippen LogP contribution in [0.4, 0.5) is 0 Å². The molecule has 0 aliphatic carbocycles. The van der Waals surface area contributed by atoms with Crippen LogP contribution >= 0.6 is 0 Å². The summed E-state index contributed by atoms with van der Waals surface area (Å²) in [6.07, 6.45) is 6.18. The van der Waals surface area contributed by atoms with Crippen molar-refractivity contribution in [3.05, 3.63) is 35.5 Å².